The lowest BCUT2D eigenvalue weighted by Gasteiger charge is -2.47. The number of anilines is 3. The van der Waals surface area contributed by atoms with E-state index < -0.39 is 39.4 Å². The summed E-state index contributed by atoms with van der Waals surface area (Å²) in [6.07, 6.45) is 2.07. The van der Waals surface area contributed by atoms with Crippen molar-refractivity contribution >= 4 is 45.3 Å². The van der Waals surface area contributed by atoms with Crippen molar-refractivity contribution in [2.75, 3.05) is 36.2 Å². The van der Waals surface area contributed by atoms with Crippen molar-refractivity contribution < 1.29 is 36.8 Å². The van der Waals surface area contributed by atoms with Gasteiger partial charge in [-0.2, -0.15) is 18.0 Å². The lowest BCUT2D eigenvalue weighted by atomic mass is 9.77. The van der Waals surface area contributed by atoms with Crippen molar-refractivity contribution in [3.63, 3.8) is 0 Å². The number of aromatic nitrogens is 3. The number of carbonyl (C=O) groups excluding carboxylic acids is 1. The number of hydrogen-bond acceptors (Lipinski definition) is 10. The highest BCUT2D eigenvalue weighted by Gasteiger charge is 2.42. The van der Waals surface area contributed by atoms with E-state index in [1.165, 1.54) is 14.3 Å². The Labute approximate surface area is 276 Å². The highest BCUT2D eigenvalue weighted by atomic mass is 32.2. The number of carboxylic acid groups (broad SMARTS) is 1. The number of likely N-dealkylation sites (tertiary alicyclic amines) is 1. The van der Waals surface area contributed by atoms with Crippen LogP contribution in [0.3, 0.4) is 0 Å². The standard InChI is InChI=1S/C32H46N6O8S/c1-9-44-22-14-12-21(13-15-22)37(30(41)46-32(5,6)7)28-23(17-20-45-47(8,42)43)27(35-25-16-18-33-38(25)28)34-24-11-10-19-36(29(39)40)26(24)31(2,3)4/h12-16,18,24,26H,9-11,17,19-20H2,1-8H3,(H,34,35)(H,39,40)/t24?,26-/m1/s1. The zero-order valence-electron chi connectivity index (χ0n) is 28.3. The molecule has 1 aliphatic heterocycles. The molecular formula is C32H46N6O8S. The van der Waals surface area contributed by atoms with E-state index in [0.717, 1.165) is 6.26 Å². The van der Waals surface area contributed by atoms with E-state index in [1.807, 2.05) is 27.7 Å². The van der Waals surface area contributed by atoms with E-state index in [2.05, 4.69) is 10.4 Å². The van der Waals surface area contributed by atoms with Gasteiger partial charge < -0.3 is 24.8 Å². The number of amides is 2. The van der Waals surface area contributed by atoms with E-state index in [9.17, 15) is 23.1 Å². The minimum Gasteiger partial charge on any atom is -0.494 e. The molecule has 4 rings (SSSR count). The highest BCUT2D eigenvalue weighted by Crippen LogP contribution is 2.38. The molecule has 258 valence electrons. The molecule has 0 saturated carbocycles. The van der Waals surface area contributed by atoms with Crippen LogP contribution < -0.4 is 15.0 Å². The molecule has 0 radical (unpaired) electrons. The Morgan fingerprint density at radius 1 is 1.11 bits per heavy atom. The highest BCUT2D eigenvalue weighted by molar-refractivity contribution is 7.85. The first kappa shape index (κ1) is 35.7. The summed E-state index contributed by atoms with van der Waals surface area (Å²) in [7, 11) is -3.80. The van der Waals surface area contributed by atoms with Crippen LogP contribution in [-0.4, -0.2) is 88.9 Å². The third-order valence-corrected chi connectivity index (χ3v) is 8.13. The van der Waals surface area contributed by atoms with Crippen LogP contribution >= 0.6 is 0 Å². The van der Waals surface area contributed by atoms with Crippen LogP contribution in [0.15, 0.2) is 36.5 Å². The summed E-state index contributed by atoms with van der Waals surface area (Å²) in [4.78, 5) is 34.1. The molecule has 2 aromatic heterocycles. The largest absolute Gasteiger partial charge is 0.494 e. The van der Waals surface area contributed by atoms with Crippen molar-refractivity contribution in [3.05, 3.63) is 42.1 Å². The number of carbonyl (C=O) groups is 2. The van der Waals surface area contributed by atoms with E-state index in [-0.39, 0.29) is 24.9 Å². The summed E-state index contributed by atoms with van der Waals surface area (Å²) in [6, 6.07) is 7.81. The zero-order chi connectivity index (χ0) is 34.7. The third-order valence-electron chi connectivity index (χ3n) is 7.53. The summed E-state index contributed by atoms with van der Waals surface area (Å²) >= 11 is 0. The fourth-order valence-corrected chi connectivity index (χ4v) is 6.31. The zero-order valence-corrected chi connectivity index (χ0v) is 29.1. The van der Waals surface area contributed by atoms with Crippen LogP contribution in [0.25, 0.3) is 5.65 Å². The number of rotatable bonds is 10. The lowest BCUT2D eigenvalue weighted by molar-refractivity contribution is 0.0518. The van der Waals surface area contributed by atoms with E-state index in [4.69, 9.17) is 18.6 Å². The van der Waals surface area contributed by atoms with E-state index >= 15 is 0 Å². The molecule has 14 nitrogen and oxygen atoms in total. The second kappa shape index (κ2) is 13.9. The Balaban J connectivity index is 1.96. The monoisotopic (exact) mass is 674 g/mol. The minimum atomic E-state index is -3.80. The Kier molecular flexibility index (Phi) is 10.6. The molecule has 3 aromatic rings. The van der Waals surface area contributed by atoms with Gasteiger partial charge in [0.1, 0.15) is 17.2 Å². The third kappa shape index (κ3) is 8.83. The quantitative estimate of drug-likeness (QED) is 0.254. The van der Waals surface area contributed by atoms with Gasteiger partial charge in [0.15, 0.2) is 11.5 Å². The molecule has 1 aromatic carbocycles. The molecule has 1 saturated heterocycles. The predicted molar refractivity (Wildman–Crippen MR) is 178 cm³/mol. The Morgan fingerprint density at radius 3 is 2.36 bits per heavy atom. The molecule has 0 aliphatic carbocycles. The van der Waals surface area contributed by atoms with Gasteiger partial charge in [0.2, 0.25) is 0 Å². The van der Waals surface area contributed by atoms with Gasteiger partial charge in [-0.3, -0.25) is 4.18 Å². The summed E-state index contributed by atoms with van der Waals surface area (Å²) in [5.74, 6) is 1.21. The average molecular weight is 675 g/mol. The summed E-state index contributed by atoms with van der Waals surface area (Å²) in [5, 5.41) is 18.1. The number of benzene rings is 1. The van der Waals surface area contributed by atoms with E-state index in [0.29, 0.717) is 54.5 Å². The van der Waals surface area contributed by atoms with Gasteiger partial charge in [-0.15, -0.1) is 0 Å². The number of ether oxygens (including phenoxy) is 2. The number of nitrogens with zero attached hydrogens (tertiary/aromatic N) is 5. The summed E-state index contributed by atoms with van der Waals surface area (Å²) < 4.78 is 42.2. The van der Waals surface area contributed by atoms with Crippen molar-refractivity contribution in [3.8, 4) is 5.75 Å². The molecule has 1 fully saturated rings. The van der Waals surface area contributed by atoms with Gasteiger partial charge in [-0.1, -0.05) is 20.8 Å². The number of fused-ring (bicyclic) bond motifs is 1. The van der Waals surface area contributed by atoms with Crippen molar-refractivity contribution in [2.24, 2.45) is 5.41 Å². The van der Waals surface area contributed by atoms with Crippen LogP contribution in [0.2, 0.25) is 0 Å². The second-order valence-electron chi connectivity index (χ2n) is 13.6. The second-order valence-corrected chi connectivity index (χ2v) is 15.2. The molecule has 1 unspecified atom stereocenters. The molecule has 2 atom stereocenters. The molecule has 2 N–H and O–H groups in total. The smallest absolute Gasteiger partial charge is 0.420 e. The minimum absolute atomic E-state index is 0.000582. The van der Waals surface area contributed by atoms with E-state index in [1.54, 1.807) is 57.3 Å². The fourth-order valence-electron chi connectivity index (χ4n) is 5.92. The Bertz CT molecular complexity index is 1680. The van der Waals surface area contributed by atoms with Gasteiger partial charge >= 0.3 is 12.2 Å². The first-order chi connectivity index (χ1) is 21.9. The van der Waals surface area contributed by atoms with Gasteiger partial charge in [-0.05, 0) is 70.2 Å². The van der Waals surface area contributed by atoms with Gasteiger partial charge in [0, 0.05) is 30.6 Å². The molecule has 0 spiro atoms. The summed E-state index contributed by atoms with van der Waals surface area (Å²) in [5.41, 5.74) is -0.0496. The molecular weight excluding hydrogens is 628 g/mol. The molecule has 3 heterocycles. The molecule has 15 heteroatoms. The topological polar surface area (TPSA) is 165 Å². The van der Waals surface area contributed by atoms with Crippen molar-refractivity contribution in [2.45, 2.75) is 85.4 Å². The molecule has 0 bridgehead atoms. The first-order valence-corrected chi connectivity index (χ1v) is 17.4. The number of piperidine rings is 1. The van der Waals surface area contributed by atoms with Crippen LogP contribution in [0.1, 0.15) is 66.9 Å². The summed E-state index contributed by atoms with van der Waals surface area (Å²) in [6.45, 7) is 13.7. The fraction of sp³-hybridized carbons (Fsp3) is 0.562. The Hall–Kier alpha value is -4.11. The average Bonchev–Trinajstić information content (AvgIpc) is 3.41. The molecule has 47 heavy (non-hydrogen) atoms. The first-order valence-electron chi connectivity index (χ1n) is 15.6. The molecule has 2 amide bonds. The number of hydrogen-bond donors (Lipinski definition) is 2. The molecule has 1 aliphatic rings. The van der Waals surface area contributed by atoms with Crippen LogP contribution in [-0.2, 0) is 25.5 Å². The van der Waals surface area contributed by atoms with Gasteiger partial charge in [0.05, 0.1) is 37.4 Å². The van der Waals surface area contributed by atoms with Crippen molar-refractivity contribution in [1.82, 2.24) is 19.5 Å². The predicted octanol–water partition coefficient (Wildman–Crippen LogP) is 5.69. The van der Waals surface area contributed by atoms with Crippen molar-refractivity contribution in [1.29, 1.82) is 0 Å². The SMILES string of the molecule is CCOc1ccc(N(C(=O)OC(C)(C)C)c2c(CCOS(C)(=O)=O)c(NC3CCCN(C(=O)O)[C@H]3C(C)(C)C)nc3ccnn23)cc1. The lowest BCUT2D eigenvalue weighted by Crippen LogP contribution is -2.58. The normalized spacial score (nSPS) is 17.4. The maximum atomic E-state index is 14.1. The number of nitrogens with one attached hydrogen (secondary N) is 1. The van der Waals surface area contributed by atoms with Gasteiger partial charge in [-0.25, -0.2) is 19.5 Å². The van der Waals surface area contributed by atoms with Crippen LogP contribution in [0.4, 0.5) is 26.9 Å². The maximum absolute atomic E-state index is 14.1. The Morgan fingerprint density at radius 2 is 1.79 bits per heavy atom. The van der Waals surface area contributed by atoms with Gasteiger partial charge in [0.25, 0.3) is 10.1 Å². The van der Waals surface area contributed by atoms with Crippen LogP contribution in [0.5, 0.6) is 5.75 Å². The maximum Gasteiger partial charge on any atom is 0.420 e. The van der Waals surface area contributed by atoms with Crippen LogP contribution in [0, 0.1) is 5.41 Å².